The van der Waals surface area contributed by atoms with Crippen molar-refractivity contribution in [3.05, 3.63) is 96.8 Å². The molecule has 0 atom stereocenters. The highest BCUT2D eigenvalue weighted by Crippen LogP contribution is 2.40. The predicted octanol–water partition coefficient (Wildman–Crippen LogP) is 4.40. The van der Waals surface area contributed by atoms with Gasteiger partial charge in [0.25, 0.3) is 0 Å². The lowest BCUT2D eigenvalue weighted by Gasteiger charge is -2.23. The summed E-state index contributed by atoms with van der Waals surface area (Å²) in [5.74, 6) is 0.600. The number of rotatable bonds is 5. The van der Waals surface area contributed by atoms with Crippen molar-refractivity contribution >= 4 is 39.6 Å². The van der Waals surface area contributed by atoms with Crippen LogP contribution in [0.25, 0.3) is 16.5 Å². The highest BCUT2D eigenvalue weighted by Gasteiger charge is 2.28. The summed E-state index contributed by atoms with van der Waals surface area (Å²) in [6, 6.07) is 28.3. The molecule has 0 bridgehead atoms. The lowest BCUT2D eigenvalue weighted by molar-refractivity contribution is -0.124. The molecule has 0 aliphatic carbocycles. The van der Waals surface area contributed by atoms with Crippen LogP contribution in [0.4, 0.5) is 17.1 Å². The van der Waals surface area contributed by atoms with Crippen molar-refractivity contribution in [2.75, 3.05) is 10.2 Å². The van der Waals surface area contributed by atoms with Crippen LogP contribution in [0.1, 0.15) is 12.2 Å². The lowest BCUT2D eigenvalue weighted by atomic mass is 10.1. The number of anilines is 3. The minimum atomic E-state index is -0.339. The first-order valence-corrected chi connectivity index (χ1v) is 11.4. The molecular weight excluding hydrogens is 456 g/mol. The number of para-hydroxylation sites is 1. The molecule has 6 rings (SSSR count). The van der Waals surface area contributed by atoms with Gasteiger partial charge in [0.1, 0.15) is 18.8 Å². The van der Waals surface area contributed by atoms with Crippen LogP contribution in [0.15, 0.2) is 91.0 Å². The molecule has 4 aromatic carbocycles. The molecule has 1 aromatic heterocycles. The van der Waals surface area contributed by atoms with Gasteiger partial charge in [-0.1, -0.05) is 48.5 Å². The van der Waals surface area contributed by atoms with Gasteiger partial charge in [-0.15, -0.1) is 5.10 Å². The number of nitrogens with zero attached hydrogens (tertiary/aromatic N) is 5. The number of hydrogen-bond donors (Lipinski definition) is 1. The molecule has 0 unspecified atom stereocenters. The molecular formula is C27H20N6O3. The van der Waals surface area contributed by atoms with Crippen molar-refractivity contribution in [2.24, 2.45) is 0 Å². The number of amides is 2. The molecule has 9 heteroatoms. The van der Waals surface area contributed by atoms with E-state index in [9.17, 15) is 9.59 Å². The van der Waals surface area contributed by atoms with E-state index in [1.165, 1.54) is 0 Å². The number of hydrogen-bond acceptors (Lipinski definition) is 6. The van der Waals surface area contributed by atoms with E-state index in [1.807, 2.05) is 91.0 Å². The molecule has 176 valence electrons. The van der Waals surface area contributed by atoms with Crippen LogP contribution in [-0.4, -0.2) is 32.0 Å². The Morgan fingerprint density at radius 1 is 0.833 bits per heavy atom. The fourth-order valence-corrected chi connectivity index (χ4v) is 4.30. The van der Waals surface area contributed by atoms with Crippen LogP contribution in [0.5, 0.6) is 5.75 Å². The molecule has 0 saturated carbocycles. The van der Waals surface area contributed by atoms with E-state index in [2.05, 4.69) is 20.8 Å². The van der Waals surface area contributed by atoms with E-state index in [-0.39, 0.29) is 24.8 Å². The maximum absolute atomic E-state index is 13.1. The number of tetrazole rings is 1. The van der Waals surface area contributed by atoms with Gasteiger partial charge in [-0.2, -0.15) is 4.68 Å². The maximum Gasteiger partial charge on any atom is 0.241 e. The summed E-state index contributed by atoms with van der Waals surface area (Å²) in [7, 11) is 0. The molecule has 0 saturated heterocycles. The quantitative estimate of drug-likeness (QED) is 0.377. The third kappa shape index (κ3) is 3.92. The van der Waals surface area contributed by atoms with Crippen LogP contribution < -0.4 is 15.0 Å². The van der Waals surface area contributed by atoms with Gasteiger partial charge >= 0.3 is 0 Å². The van der Waals surface area contributed by atoms with E-state index in [0.717, 1.165) is 16.5 Å². The molecule has 1 aliphatic heterocycles. The Balaban J connectivity index is 1.33. The zero-order chi connectivity index (χ0) is 24.5. The van der Waals surface area contributed by atoms with Crippen molar-refractivity contribution in [1.82, 2.24) is 20.2 Å². The van der Waals surface area contributed by atoms with Crippen molar-refractivity contribution in [2.45, 2.75) is 13.0 Å². The first kappa shape index (κ1) is 21.5. The average molecular weight is 476 g/mol. The monoisotopic (exact) mass is 476 g/mol. The van der Waals surface area contributed by atoms with Crippen LogP contribution in [0, 0.1) is 0 Å². The van der Waals surface area contributed by atoms with Gasteiger partial charge < -0.3 is 10.1 Å². The van der Waals surface area contributed by atoms with Gasteiger partial charge in [-0.05, 0) is 58.3 Å². The summed E-state index contributed by atoms with van der Waals surface area (Å²) in [5.41, 5.74) is 2.59. The Morgan fingerprint density at radius 2 is 1.58 bits per heavy atom. The third-order valence-corrected chi connectivity index (χ3v) is 5.97. The van der Waals surface area contributed by atoms with E-state index in [0.29, 0.717) is 28.6 Å². The topological polar surface area (TPSA) is 102 Å². The fourth-order valence-electron chi connectivity index (χ4n) is 4.30. The normalized spacial score (nSPS) is 13.3. The summed E-state index contributed by atoms with van der Waals surface area (Å²) >= 11 is 0. The molecule has 0 radical (unpaired) electrons. The number of ether oxygens (including phenoxy) is 1. The Kier molecular flexibility index (Phi) is 5.34. The second-order valence-electron chi connectivity index (χ2n) is 8.26. The van der Waals surface area contributed by atoms with Crippen LogP contribution in [-0.2, 0) is 16.2 Å². The van der Waals surface area contributed by atoms with E-state index < -0.39 is 0 Å². The lowest BCUT2D eigenvalue weighted by Crippen LogP contribution is -2.26. The largest absolute Gasteiger partial charge is 0.486 e. The van der Waals surface area contributed by atoms with E-state index in [1.54, 1.807) is 9.58 Å². The number of nitrogens with one attached hydrogen (secondary N) is 1. The van der Waals surface area contributed by atoms with E-state index in [4.69, 9.17) is 4.74 Å². The fraction of sp³-hybridized carbons (Fsp3) is 0.0741. The molecule has 1 N–H and O–H groups in total. The second-order valence-corrected chi connectivity index (χ2v) is 8.26. The number of benzene rings is 4. The molecule has 2 amide bonds. The van der Waals surface area contributed by atoms with Crippen molar-refractivity contribution in [3.8, 4) is 11.4 Å². The number of carbonyl (C=O) groups is 2. The Hall–Kier alpha value is -5.05. The molecule has 9 nitrogen and oxygen atoms in total. The number of fused-ring (bicyclic) bond motifs is 3. The van der Waals surface area contributed by atoms with Crippen LogP contribution >= 0.6 is 0 Å². The molecule has 0 fully saturated rings. The van der Waals surface area contributed by atoms with E-state index >= 15 is 0 Å². The standard InChI is InChI=1S/C27H20N6O3/c34-25-16-26(35)32(23-15-10-18-6-4-5-9-22(18)27(23)28-25)19-11-13-20(14-12-19)33-24(29-30-31-33)17-36-21-7-2-1-3-8-21/h1-15H,16-17H2,(H,28,34). The summed E-state index contributed by atoms with van der Waals surface area (Å²) in [4.78, 5) is 27.2. The number of carbonyl (C=O) groups excluding carboxylic acids is 2. The molecule has 1 aliphatic rings. The SMILES string of the molecule is O=C1CC(=O)N(c2ccc(-n3nnnc3COc3ccccc3)cc2)c2ccc3ccccc3c2N1. The minimum Gasteiger partial charge on any atom is -0.486 e. The second kappa shape index (κ2) is 8.95. The summed E-state index contributed by atoms with van der Waals surface area (Å²) in [6.45, 7) is 0.192. The third-order valence-electron chi connectivity index (χ3n) is 5.97. The van der Waals surface area contributed by atoms with Gasteiger partial charge in [0, 0.05) is 11.1 Å². The minimum absolute atomic E-state index is 0.192. The smallest absolute Gasteiger partial charge is 0.241 e. The van der Waals surface area contributed by atoms with Gasteiger partial charge in [-0.25, -0.2) is 0 Å². The Morgan fingerprint density at radius 3 is 2.42 bits per heavy atom. The zero-order valence-electron chi connectivity index (χ0n) is 19.0. The first-order chi connectivity index (χ1) is 17.7. The molecule has 2 heterocycles. The predicted molar refractivity (Wildman–Crippen MR) is 134 cm³/mol. The highest BCUT2D eigenvalue weighted by molar-refractivity contribution is 6.21. The zero-order valence-corrected chi connectivity index (χ0v) is 19.0. The van der Waals surface area contributed by atoms with Gasteiger partial charge in [0.2, 0.25) is 11.8 Å². The van der Waals surface area contributed by atoms with Crippen LogP contribution in [0.2, 0.25) is 0 Å². The summed E-state index contributed by atoms with van der Waals surface area (Å²) < 4.78 is 7.38. The van der Waals surface area contributed by atoms with Gasteiger partial charge in [0.05, 0.1) is 17.1 Å². The van der Waals surface area contributed by atoms with Gasteiger partial charge in [0.15, 0.2) is 5.82 Å². The number of aromatic nitrogens is 4. The average Bonchev–Trinajstić information content (AvgIpc) is 3.33. The first-order valence-electron chi connectivity index (χ1n) is 11.4. The Labute approximate surface area is 205 Å². The highest BCUT2D eigenvalue weighted by atomic mass is 16.5. The maximum atomic E-state index is 13.1. The van der Waals surface area contributed by atoms with Gasteiger partial charge in [-0.3, -0.25) is 14.5 Å². The van der Waals surface area contributed by atoms with Crippen molar-refractivity contribution in [3.63, 3.8) is 0 Å². The Bertz CT molecular complexity index is 1580. The molecule has 0 spiro atoms. The van der Waals surface area contributed by atoms with Crippen molar-refractivity contribution < 1.29 is 14.3 Å². The molecule has 36 heavy (non-hydrogen) atoms. The summed E-state index contributed by atoms with van der Waals surface area (Å²) in [6.07, 6.45) is -0.251. The molecule has 5 aromatic rings. The van der Waals surface area contributed by atoms with Crippen molar-refractivity contribution in [1.29, 1.82) is 0 Å². The van der Waals surface area contributed by atoms with Crippen LogP contribution in [0.3, 0.4) is 0 Å². The summed E-state index contributed by atoms with van der Waals surface area (Å²) in [5, 5.41) is 16.7.